The van der Waals surface area contributed by atoms with Crippen LogP contribution >= 0.6 is 21.6 Å². The molecule has 1 saturated heterocycles. The molecule has 0 spiro atoms. The Kier molecular flexibility index (Phi) is 22.2. The van der Waals surface area contributed by atoms with Gasteiger partial charge in [0.2, 0.25) is 41.4 Å². The number of phenols is 1. The third-order valence-corrected chi connectivity index (χ3v) is 14.4. The maximum Gasteiger partial charge on any atom is 0.245 e. The first-order valence-electron chi connectivity index (χ1n) is 23.6. The molecule has 10 atom stereocenters. The van der Waals surface area contributed by atoms with E-state index in [2.05, 4.69) is 42.2 Å². The Bertz CT molecular complexity index is 2450. The van der Waals surface area contributed by atoms with Gasteiger partial charge in [-0.2, -0.15) is 0 Å². The Morgan fingerprint density at radius 3 is 2.03 bits per heavy atom. The van der Waals surface area contributed by atoms with Gasteiger partial charge in [-0.15, -0.1) is 0 Å². The summed E-state index contributed by atoms with van der Waals surface area (Å²) in [4.78, 5) is 103. The molecule has 0 saturated carbocycles. The zero-order chi connectivity index (χ0) is 52.3. The van der Waals surface area contributed by atoms with Gasteiger partial charge in [-0.1, -0.05) is 82.3 Å². The molecule has 72 heavy (non-hydrogen) atoms. The van der Waals surface area contributed by atoms with E-state index < -0.39 is 108 Å². The van der Waals surface area contributed by atoms with Gasteiger partial charge in [0.25, 0.3) is 0 Å². The summed E-state index contributed by atoms with van der Waals surface area (Å²) in [6.45, 7) is 2.18. The van der Waals surface area contributed by atoms with Crippen molar-refractivity contribution >= 4 is 73.8 Å². The third-order valence-electron chi connectivity index (χ3n) is 11.9. The maximum atomic E-state index is 14.7. The molecule has 3 aromatic carbocycles. The van der Waals surface area contributed by atoms with Crippen molar-refractivity contribution in [3.63, 3.8) is 0 Å². The van der Waals surface area contributed by atoms with Gasteiger partial charge < -0.3 is 74.1 Å². The summed E-state index contributed by atoms with van der Waals surface area (Å²) in [5.74, 6) is -6.33. The van der Waals surface area contributed by atoms with E-state index in [9.17, 15) is 54.0 Å². The number of amides is 7. The minimum absolute atomic E-state index is 0.0130. The number of fused-ring (bicyclic) bond motifs is 1. The number of hydrogen-bond acceptors (Lipinski definition) is 15. The second-order valence-corrected chi connectivity index (χ2v) is 20.2. The highest BCUT2D eigenvalue weighted by atomic mass is 33.1. The molecule has 1 aliphatic rings. The van der Waals surface area contributed by atoms with Crippen molar-refractivity contribution in [2.75, 3.05) is 24.7 Å². The van der Waals surface area contributed by atoms with Crippen molar-refractivity contribution in [3.05, 3.63) is 102 Å². The number of nitrogens with one attached hydrogen (secondary N) is 8. The van der Waals surface area contributed by atoms with E-state index in [4.69, 9.17) is 11.5 Å². The Labute approximate surface area is 424 Å². The molecule has 3 unspecified atom stereocenters. The van der Waals surface area contributed by atoms with E-state index >= 15 is 0 Å². The number of carbonyl (C=O) groups excluding carboxylic acids is 7. The molecule has 1 aromatic heterocycles. The number of nitrogens with two attached hydrogens (primary N) is 2. The molecule has 1 aliphatic heterocycles. The minimum Gasteiger partial charge on any atom is -0.508 e. The van der Waals surface area contributed by atoms with Gasteiger partial charge in [-0.25, -0.2) is 0 Å². The van der Waals surface area contributed by atoms with Crippen molar-refractivity contribution in [1.29, 1.82) is 0 Å². The van der Waals surface area contributed by atoms with E-state index in [-0.39, 0.29) is 49.5 Å². The predicted molar refractivity (Wildman–Crippen MR) is 274 cm³/mol. The van der Waals surface area contributed by atoms with Crippen molar-refractivity contribution in [1.82, 2.24) is 42.2 Å². The second-order valence-electron chi connectivity index (χ2n) is 17.7. The molecule has 1 fully saturated rings. The van der Waals surface area contributed by atoms with Crippen LogP contribution in [-0.4, -0.2) is 152 Å². The lowest BCUT2D eigenvalue weighted by Gasteiger charge is -2.29. The molecule has 7 amide bonds. The Balaban J connectivity index is 1.57. The molecule has 21 nitrogen and oxygen atoms in total. The van der Waals surface area contributed by atoms with E-state index in [1.165, 1.54) is 26.0 Å². The first kappa shape index (κ1) is 56.7. The number of aromatic hydroxyl groups is 1. The number of benzene rings is 3. The first-order valence-corrected chi connectivity index (χ1v) is 26.1. The van der Waals surface area contributed by atoms with Crippen LogP contribution in [0.4, 0.5) is 0 Å². The predicted octanol–water partition coefficient (Wildman–Crippen LogP) is -1.10. The molecule has 2 heterocycles. The van der Waals surface area contributed by atoms with Crippen molar-refractivity contribution in [2.24, 2.45) is 11.5 Å². The third kappa shape index (κ3) is 17.0. The number of carbonyl (C=O) groups is 7. The number of unbranched alkanes of at least 4 members (excludes halogenated alkanes) is 1. The van der Waals surface area contributed by atoms with E-state index in [1.54, 1.807) is 48.7 Å². The van der Waals surface area contributed by atoms with Gasteiger partial charge >= 0.3 is 0 Å². The summed E-state index contributed by atoms with van der Waals surface area (Å²) in [5.41, 5.74) is 14.8. The van der Waals surface area contributed by atoms with Crippen LogP contribution < -0.4 is 48.7 Å². The topological polar surface area (TPSA) is 352 Å². The molecule has 0 aliphatic carbocycles. The summed E-state index contributed by atoms with van der Waals surface area (Å²) in [7, 11) is 2.01. The highest BCUT2D eigenvalue weighted by Crippen LogP contribution is 2.24. The molecular formula is C49H66N10O11S2. The van der Waals surface area contributed by atoms with Gasteiger partial charge in [-0.3, -0.25) is 33.6 Å². The Hall–Kier alpha value is -6.21. The van der Waals surface area contributed by atoms with Gasteiger partial charge in [0.1, 0.15) is 42.0 Å². The number of H-pyrrole nitrogens is 1. The van der Waals surface area contributed by atoms with Crippen LogP contribution in [0.25, 0.3) is 10.9 Å². The van der Waals surface area contributed by atoms with Gasteiger partial charge in [0.05, 0.1) is 30.9 Å². The lowest BCUT2D eigenvalue weighted by molar-refractivity contribution is -0.136. The Morgan fingerprint density at radius 2 is 1.36 bits per heavy atom. The van der Waals surface area contributed by atoms with Crippen LogP contribution in [-0.2, 0) is 52.8 Å². The molecule has 5 rings (SSSR count). The van der Waals surface area contributed by atoms with Gasteiger partial charge in [0.15, 0.2) is 0 Å². The molecule has 23 heteroatoms. The maximum absolute atomic E-state index is 14.7. The normalized spacial score (nSPS) is 22.7. The summed E-state index contributed by atoms with van der Waals surface area (Å²) in [5, 5.41) is 60.4. The monoisotopic (exact) mass is 1030 g/mol. The summed E-state index contributed by atoms with van der Waals surface area (Å²) in [6, 6.07) is 11.3. The molecular weight excluding hydrogens is 969 g/mol. The van der Waals surface area contributed by atoms with Gasteiger partial charge in [0, 0.05) is 41.4 Å². The number of aliphatic hydroxyl groups excluding tert-OH is 3. The number of aliphatic hydroxyl groups is 3. The zero-order valence-electron chi connectivity index (χ0n) is 40.0. The van der Waals surface area contributed by atoms with Crippen molar-refractivity contribution in [3.8, 4) is 5.75 Å². The largest absolute Gasteiger partial charge is 0.508 e. The second kappa shape index (κ2) is 28.1. The number of aromatic amines is 1. The van der Waals surface area contributed by atoms with E-state index in [1.807, 2.05) is 24.3 Å². The van der Waals surface area contributed by atoms with Crippen LogP contribution in [0.5, 0.6) is 5.75 Å². The lowest BCUT2D eigenvalue weighted by Crippen LogP contribution is -2.62. The van der Waals surface area contributed by atoms with Crippen LogP contribution in [0.1, 0.15) is 49.8 Å². The molecule has 0 radical (unpaired) electrons. The quantitative estimate of drug-likeness (QED) is 0.0441. The van der Waals surface area contributed by atoms with E-state index in [0.717, 1.165) is 38.1 Å². The highest BCUT2D eigenvalue weighted by Gasteiger charge is 2.36. The fourth-order valence-corrected chi connectivity index (χ4v) is 10.1. The van der Waals surface area contributed by atoms with Crippen LogP contribution in [0.15, 0.2) is 85.1 Å². The number of phenolic OH excluding ortho intramolecular Hbond substituents is 1. The smallest absolute Gasteiger partial charge is 0.245 e. The molecule has 390 valence electrons. The number of aromatic nitrogens is 1. The molecule has 16 N–H and O–H groups in total. The number of hydrogen-bond donors (Lipinski definition) is 14. The fourth-order valence-electron chi connectivity index (χ4n) is 7.75. The molecule has 4 aromatic rings. The number of para-hydroxylation sites is 1. The van der Waals surface area contributed by atoms with Crippen LogP contribution in [0.2, 0.25) is 0 Å². The summed E-state index contributed by atoms with van der Waals surface area (Å²) in [6.07, 6.45) is -0.426. The van der Waals surface area contributed by atoms with Crippen molar-refractivity contribution in [2.45, 2.75) is 113 Å². The standard InChI is InChI=1S/C49H66N10O11S2/c1-27(61)39(24-60)56-48(69)41-26-72-71-25-40(57-43(64)34(51)20-29-10-4-3-5-11-29)47(68)54-37(21-30-15-17-32(63)18-16-30)45(66)55-38(22-31-23-52-35-13-7-6-12-33(31)35)46(67)53-36(14-8-9-19-50)44(65)59-42(28(2)62)49(70)58-41/h3-7,10-13,15-18,23,27-28,34,36-42,52,60-63H,8-9,14,19-22,24-26,50-51H2,1-2H3,(H,53,67)(H,54,68)(H,55,66)(H,56,69)(H,57,64)(H,58,70)(H,59,65)/t27-,28+,34-,36-,37?,38+,39-,40-,41?,42?/m0/s1. The fraction of sp³-hybridized carbons (Fsp3) is 0.449. The lowest BCUT2D eigenvalue weighted by atomic mass is 10.0. The highest BCUT2D eigenvalue weighted by molar-refractivity contribution is 8.76. The SMILES string of the molecule is C[C@H](O)[C@H](CO)NC(=O)C1CSSC[C@H](NC(=O)[C@@H](N)Cc2ccccc2)C(=O)NC(Cc2ccc(O)cc2)C(=O)N[C@H](Cc2c[nH]c3ccccc23)C(=O)N[C@@H](CCCCN)C(=O)NC([C@@H](C)O)C(=O)N1. The zero-order valence-corrected chi connectivity index (χ0v) is 41.7. The molecule has 0 bridgehead atoms. The van der Waals surface area contributed by atoms with E-state index in [0.29, 0.717) is 24.0 Å². The van der Waals surface area contributed by atoms with Gasteiger partial charge in [-0.05, 0) is 81.0 Å². The summed E-state index contributed by atoms with van der Waals surface area (Å²) < 4.78 is 0. The average molecular weight is 1040 g/mol. The Morgan fingerprint density at radius 1 is 0.736 bits per heavy atom. The summed E-state index contributed by atoms with van der Waals surface area (Å²) >= 11 is 0. The first-order chi connectivity index (χ1) is 34.5. The van der Waals surface area contributed by atoms with Crippen LogP contribution in [0, 0.1) is 0 Å². The van der Waals surface area contributed by atoms with Crippen LogP contribution in [0.3, 0.4) is 0 Å². The van der Waals surface area contributed by atoms with Crippen molar-refractivity contribution < 1.29 is 54.0 Å². The number of rotatable bonds is 17. The minimum atomic E-state index is -1.68. The average Bonchev–Trinajstić information content (AvgIpc) is 3.77.